The average molecular weight is 299 g/mol. The third-order valence-electron chi connectivity index (χ3n) is 6.20. The molecule has 2 bridgehead atoms. The van der Waals surface area contributed by atoms with Crippen LogP contribution in [0.15, 0.2) is 0 Å². The maximum absolute atomic E-state index is 14.4. The minimum Gasteiger partial charge on any atom is -0.444 e. The molecule has 1 amide bonds. The molecule has 2 aliphatic heterocycles. The third-order valence-corrected chi connectivity index (χ3v) is 6.20. The zero-order valence-corrected chi connectivity index (χ0v) is 12.9. The first-order chi connectivity index (χ1) is 9.64. The van der Waals surface area contributed by atoms with Crippen molar-refractivity contribution in [3.05, 3.63) is 0 Å². The number of carbonyl (C=O) groups is 1. The Bertz CT molecular complexity index is 487. The van der Waals surface area contributed by atoms with E-state index >= 15 is 0 Å². The van der Waals surface area contributed by atoms with Crippen LogP contribution in [0, 0.1) is 10.8 Å². The van der Waals surface area contributed by atoms with Crippen molar-refractivity contribution >= 4 is 6.09 Å². The second-order valence-corrected chi connectivity index (χ2v) is 8.42. The van der Waals surface area contributed by atoms with E-state index in [0.717, 1.165) is 12.8 Å². The molecule has 0 aromatic rings. The average Bonchev–Trinajstić information content (AvgIpc) is 3.16. The van der Waals surface area contributed by atoms with E-state index in [-0.39, 0.29) is 18.2 Å². The molecule has 118 valence electrons. The van der Waals surface area contributed by atoms with Crippen molar-refractivity contribution in [1.29, 1.82) is 0 Å². The van der Waals surface area contributed by atoms with Crippen LogP contribution in [0.5, 0.6) is 0 Å². The second kappa shape index (κ2) is 3.54. The maximum Gasteiger partial charge on any atom is 0.410 e. The molecule has 2 atom stereocenters. The molecule has 4 rings (SSSR count). The number of alkyl halides is 2. The van der Waals surface area contributed by atoms with Gasteiger partial charge >= 0.3 is 6.09 Å². The van der Waals surface area contributed by atoms with Crippen molar-refractivity contribution in [3.63, 3.8) is 0 Å². The molecule has 4 fully saturated rings. The zero-order valence-electron chi connectivity index (χ0n) is 12.9. The monoisotopic (exact) mass is 299 g/mol. The minimum atomic E-state index is -2.50. The summed E-state index contributed by atoms with van der Waals surface area (Å²) >= 11 is 0. The van der Waals surface area contributed by atoms with Crippen LogP contribution in [0.4, 0.5) is 13.6 Å². The maximum atomic E-state index is 14.4. The number of carbonyl (C=O) groups excluding carboxylic acids is 1. The molecule has 2 unspecified atom stereocenters. The molecule has 0 aromatic heterocycles. The van der Waals surface area contributed by atoms with E-state index < -0.39 is 22.4 Å². The van der Waals surface area contributed by atoms with Gasteiger partial charge in [0.15, 0.2) is 0 Å². The number of hydrogen-bond donors (Lipinski definition) is 0. The van der Waals surface area contributed by atoms with Crippen LogP contribution in [0.1, 0.15) is 59.3 Å². The van der Waals surface area contributed by atoms with Crippen LogP contribution in [-0.4, -0.2) is 34.6 Å². The van der Waals surface area contributed by atoms with Gasteiger partial charge in [-0.15, -0.1) is 0 Å². The number of nitrogens with zero attached hydrogens (tertiary/aromatic N) is 1. The first-order valence-electron chi connectivity index (χ1n) is 8.03. The first-order valence-corrected chi connectivity index (χ1v) is 8.03. The zero-order chi connectivity index (χ0) is 15.3. The Morgan fingerprint density at radius 3 is 2.00 bits per heavy atom. The highest BCUT2D eigenvalue weighted by atomic mass is 19.3. The minimum absolute atomic E-state index is 0.0514. The van der Waals surface area contributed by atoms with Crippen molar-refractivity contribution in [2.75, 3.05) is 0 Å². The van der Waals surface area contributed by atoms with Crippen LogP contribution in [0.2, 0.25) is 0 Å². The molecule has 21 heavy (non-hydrogen) atoms. The van der Waals surface area contributed by atoms with Gasteiger partial charge in [-0.1, -0.05) is 0 Å². The predicted molar refractivity (Wildman–Crippen MR) is 73.2 cm³/mol. The fourth-order valence-corrected chi connectivity index (χ4v) is 5.17. The molecule has 5 heteroatoms. The topological polar surface area (TPSA) is 29.5 Å². The van der Waals surface area contributed by atoms with Gasteiger partial charge < -0.3 is 9.64 Å². The molecule has 0 radical (unpaired) electrons. The molecule has 0 N–H and O–H groups in total. The van der Waals surface area contributed by atoms with Crippen molar-refractivity contribution in [3.8, 4) is 0 Å². The molecule has 2 saturated carbocycles. The Morgan fingerprint density at radius 1 is 1.10 bits per heavy atom. The van der Waals surface area contributed by atoms with Crippen molar-refractivity contribution in [1.82, 2.24) is 4.90 Å². The lowest BCUT2D eigenvalue weighted by Crippen LogP contribution is -2.50. The van der Waals surface area contributed by atoms with E-state index in [1.165, 1.54) is 0 Å². The molecular weight excluding hydrogens is 276 g/mol. The van der Waals surface area contributed by atoms with E-state index in [0.29, 0.717) is 25.7 Å². The third kappa shape index (κ3) is 1.50. The number of rotatable bonds is 0. The summed E-state index contributed by atoms with van der Waals surface area (Å²) in [4.78, 5) is 14.1. The molecule has 2 spiro atoms. The van der Waals surface area contributed by atoms with E-state index in [1.807, 2.05) is 20.8 Å². The van der Waals surface area contributed by atoms with E-state index in [1.54, 1.807) is 4.90 Å². The summed E-state index contributed by atoms with van der Waals surface area (Å²) in [6.45, 7) is 5.52. The summed E-state index contributed by atoms with van der Waals surface area (Å²) in [7, 11) is 0. The summed E-state index contributed by atoms with van der Waals surface area (Å²) < 4.78 is 34.2. The highest BCUT2D eigenvalue weighted by Crippen LogP contribution is 2.91. The predicted octanol–water partition coefficient (Wildman–Crippen LogP) is 3.96. The highest BCUT2D eigenvalue weighted by molar-refractivity contribution is 5.70. The van der Waals surface area contributed by atoms with Crippen molar-refractivity contribution < 1.29 is 18.3 Å². The molecular formula is C16H23F2NO2. The normalized spacial score (nSPS) is 41.5. The molecule has 3 nitrogen and oxygen atoms in total. The van der Waals surface area contributed by atoms with Crippen LogP contribution in [0.3, 0.4) is 0 Å². The van der Waals surface area contributed by atoms with Gasteiger partial charge in [0, 0.05) is 22.9 Å². The number of halogens is 2. The smallest absolute Gasteiger partial charge is 0.410 e. The fourth-order valence-electron chi connectivity index (χ4n) is 5.17. The Balaban J connectivity index is 1.55. The Kier molecular flexibility index (Phi) is 2.32. The SMILES string of the molecule is CC(C)(C)OC(=O)N1C2CCC1CC1(C2)C(F)(F)C12CC2. The van der Waals surface area contributed by atoms with E-state index in [9.17, 15) is 13.6 Å². The summed E-state index contributed by atoms with van der Waals surface area (Å²) in [6.07, 6.45) is 3.65. The largest absolute Gasteiger partial charge is 0.444 e. The first kappa shape index (κ1) is 13.8. The molecule has 2 heterocycles. The van der Waals surface area contributed by atoms with E-state index in [4.69, 9.17) is 4.74 Å². The van der Waals surface area contributed by atoms with Crippen LogP contribution in [0.25, 0.3) is 0 Å². The summed E-state index contributed by atoms with van der Waals surface area (Å²) in [5.74, 6) is -2.50. The summed E-state index contributed by atoms with van der Waals surface area (Å²) in [5.41, 5.74) is -2.03. The molecule has 2 saturated heterocycles. The van der Waals surface area contributed by atoms with Crippen molar-refractivity contribution in [2.45, 2.75) is 82.9 Å². The van der Waals surface area contributed by atoms with Gasteiger partial charge in [0.1, 0.15) is 5.60 Å². The van der Waals surface area contributed by atoms with Gasteiger partial charge in [-0.2, -0.15) is 0 Å². The highest BCUT2D eigenvalue weighted by Gasteiger charge is 2.95. The quantitative estimate of drug-likeness (QED) is 0.677. The second-order valence-electron chi connectivity index (χ2n) is 8.42. The summed E-state index contributed by atoms with van der Waals surface area (Å²) in [5, 5.41) is 0. The lowest BCUT2D eigenvalue weighted by molar-refractivity contribution is -0.0203. The molecule has 4 aliphatic rings. The van der Waals surface area contributed by atoms with Gasteiger partial charge in [0.05, 0.1) is 0 Å². The number of piperidine rings is 1. The van der Waals surface area contributed by atoms with Crippen molar-refractivity contribution in [2.24, 2.45) is 10.8 Å². The standard InChI is InChI=1S/C16H23F2NO2/c1-13(2,3)21-12(20)19-10-4-5-11(19)9-15(8-10)14(6-7-14)16(15,17)18/h10-11H,4-9H2,1-3H3. The lowest BCUT2D eigenvalue weighted by Gasteiger charge is -2.40. The van der Waals surface area contributed by atoms with Gasteiger partial charge in [0.2, 0.25) is 0 Å². The number of amides is 1. The fraction of sp³-hybridized carbons (Fsp3) is 0.938. The Morgan fingerprint density at radius 2 is 1.62 bits per heavy atom. The van der Waals surface area contributed by atoms with Gasteiger partial charge in [-0.3, -0.25) is 0 Å². The van der Waals surface area contributed by atoms with Crippen LogP contribution in [-0.2, 0) is 4.74 Å². The van der Waals surface area contributed by atoms with E-state index in [2.05, 4.69) is 0 Å². The number of ether oxygens (including phenoxy) is 1. The van der Waals surface area contributed by atoms with Crippen LogP contribution >= 0.6 is 0 Å². The number of fused-ring (bicyclic) bond motifs is 3. The van der Waals surface area contributed by atoms with Crippen LogP contribution < -0.4 is 0 Å². The Labute approximate surface area is 124 Å². The number of hydrogen-bond acceptors (Lipinski definition) is 2. The summed E-state index contributed by atoms with van der Waals surface area (Å²) in [6, 6.07) is -0.103. The van der Waals surface area contributed by atoms with Gasteiger partial charge in [0.25, 0.3) is 5.92 Å². The molecule has 2 aliphatic carbocycles. The lowest BCUT2D eigenvalue weighted by atomic mass is 9.84. The van der Waals surface area contributed by atoms with Gasteiger partial charge in [-0.25, -0.2) is 13.6 Å². The molecule has 0 aromatic carbocycles. The van der Waals surface area contributed by atoms with Gasteiger partial charge in [-0.05, 0) is 59.3 Å². The Hall–Kier alpha value is -0.870.